The summed E-state index contributed by atoms with van der Waals surface area (Å²) in [6.07, 6.45) is 1.27. The van der Waals surface area contributed by atoms with Crippen LogP contribution in [0.5, 0.6) is 0 Å². The van der Waals surface area contributed by atoms with Crippen molar-refractivity contribution in [3.63, 3.8) is 0 Å². The average Bonchev–Trinajstić information content (AvgIpc) is 2.93. The molecule has 1 aromatic carbocycles. The highest BCUT2D eigenvalue weighted by atomic mass is 32.1. The summed E-state index contributed by atoms with van der Waals surface area (Å²) in [6.45, 7) is 4.84. The van der Waals surface area contributed by atoms with Crippen molar-refractivity contribution in [3.05, 3.63) is 52.0 Å². The van der Waals surface area contributed by atoms with Crippen LogP contribution in [0.1, 0.15) is 30.1 Å². The number of aromatic nitrogens is 1. The molecule has 0 aliphatic carbocycles. The van der Waals surface area contributed by atoms with Gasteiger partial charge in [-0.1, -0.05) is 37.3 Å². The third-order valence-electron chi connectivity index (χ3n) is 3.37. The SMILES string of the molecule is CCc1nc(CNC(C)C(O)Cc2ccccc2)cs1. The zero-order chi connectivity index (χ0) is 14.4. The lowest BCUT2D eigenvalue weighted by molar-refractivity contribution is 0.134. The van der Waals surface area contributed by atoms with Gasteiger partial charge in [0.15, 0.2) is 0 Å². The summed E-state index contributed by atoms with van der Waals surface area (Å²) in [6, 6.07) is 10.1. The zero-order valence-corrected chi connectivity index (χ0v) is 12.9. The number of benzene rings is 1. The maximum atomic E-state index is 10.2. The van der Waals surface area contributed by atoms with Gasteiger partial charge in [-0.2, -0.15) is 0 Å². The van der Waals surface area contributed by atoms with E-state index < -0.39 is 0 Å². The molecule has 0 amide bonds. The van der Waals surface area contributed by atoms with Gasteiger partial charge in [0.05, 0.1) is 16.8 Å². The third kappa shape index (κ3) is 4.40. The molecule has 0 radical (unpaired) electrons. The van der Waals surface area contributed by atoms with E-state index in [9.17, 15) is 5.11 Å². The molecular formula is C16H22N2OS. The first kappa shape index (κ1) is 15.2. The van der Waals surface area contributed by atoms with Crippen molar-refractivity contribution in [2.45, 2.75) is 45.4 Å². The van der Waals surface area contributed by atoms with E-state index in [4.69, 9.17) is 0 Å². The van der Waals surface area contributed by atoms with E-state index in [1.54, 1.807) is 11.3 Å². The summed E-state index contributed by atoms with van der Waals surface area (Å²) in [4.78, 5) is 4.52. The van der Waals surface area contributed by atoms with Crippen LogP contribution in [0.15, 0.2) is 35.7 Å². The number of hydrogen-bond donors (Lipinski definition) is 2. The zero-order valence-electron chi connectivity index (χ0n) is 12.0. The lowest BCUT2D eigenvalue weighted by Crippen LogP contribution is -2.38. The Morgan fingerprint density at radius 2 is 2.05 bits per heavy atom. The molecule has 0 aliphatic rings. The molecule has 2 atom stereocenters. The lowest BCUT2D eigenvalue weighted by atomic mass is 10.0. The lowest BCUT2D eigenvalue weighted by Gasteiger charge is -2.20. The van der Waals surface area contributed by atoms with E-state index in [1.165, 1.54) is 5.01 Å². The summed E-state index contributed by atoms with van der Waals surface area (Å²) >= 11 is 1.70. The molecule has 108 valence electrons. The van der Waals surface area contributed by atoms with Crippen LogP contribution in [-0.2, 0) is 19.4 Å². The average molecular weight is 290 g/mol. The quantitative estimate of drug-likeness (QED) is 0.824. The highest BCUT2D eigenvalue weighted by Gasteiger charge is 2.14. The van der Waals surface area contributed by atoms with E-state index in [1.807, 2.05) is 37.3 Å². The van der Waals surface area contributed by atoms with Gasteiger partial charge in [-0.05, 0) is 25.3 Å². The van der Waals surface area contributed by atoms with Gasteiger partial charge < -0.3 is 10.4 Å². The van der Waals surface area contributed by atoms with Crippen LogP contribution < -0.4 is 5.32 Å². The molecule has 1 aromatic heterocycles. The predicted octanol–water partition coefficient (Wildman–Crippen LogP) is 2.79. The fourth-order valence-corrected chi connectivity index (χ4v) is 2.77. The summed E-state index contributed by atoms with van der Waals surface area (Å²) in [5, 5.41) is 16.8. The van der Waals surface area contributed by atoms with Crippen molar-refractivity contribution in [1.82, 2.24) is 10.3 Å². The Kier molecular flexibility index (Phi) is 5.71. The van der Waals surface area contributed by atoms with Crippen LogP contribution in [0.3, 0.4) is 0 Å². The number of aryl methyl sites for hydroxylation is 1. The number of nitrogens with one attached hydrogen (secondary N) is 1. The number of aliphatic hydroxyl groups excluding tert-OH is 1. The van der Waals surface area contributed by atoms with Gasteiger partial charge in [0.2, 0.25) is 0 Å². The minimum absolute atomic E-state index is 0.0435. The predicted molar refractivity (Wildman–Crippen MR) is 83.9 cm³/mol. The van der Waals surface area contributed by atoms with Crippen LogP contribution in [-0.4, -0.2) is 22.2 Å². The molecule has 0 saturated heterocycles. The van der Waals surface area contributed by atoms with Gasteiger partial charge >= 0.3 is 0 Å². The molecule has 2 aromatic rings. The van der Waals surface area contributed by atoms with Crippen LogP contribution in [0.2, 0.25) is 0 Å². The Morgan fingerprint density at radius 3 is 2.70 bits per heavy atom. The second-order valence-corrected chi connectivity index (χ2v) is 5.96. The highest BCUT2D eigenvalue weighted by molar-refractivity contribution is 7.09. The van der Waals surface area contributed by atoms with Crippen molar-refractivity contribution < 1.29 is 5.11 Å². The van der Waals surface area contributed by atoms with Gasteiger partial charge in [-0.25, -0.2) is 4.98 Å². The molecule has 0 bridgehead atoms. The van der Waals surface area contributed by atoms with Gasteiger partial charge in [0, 0.05) is 18.0 Å². The number of rotatable bonds is 7. The largest absolute Gasteiger partial charge is 0.391 e. The van der Waals surface area contributed by atoms with E-state index in [-0.39, 0.29) is 12.1 Å². The van der Waals surface area contributed by atoms with Gasteiger partial charge in [0.25, 0.3) is 0 Å². The van der Waals surface area contributed by atoms with Crippen molar-refractivity contribution in [3.8, 4) is 0 Å². The second kappa shape index (κ2) is 7.53. The van der Waals surface area contributed by atoms with Gasteiger partial charge in [0.1, 0.15) is 0 Å². The Morgan fingerprint density at radius 1 is 1.30 bits per heavy atom. The van der Waals surface area contributed by atoms with Crippen LogP contribution in [0.4, 0.5) is 0 Å². The molecule has 20 heavy (non-hydrogen) atoms. The molecule has 2 rings (SSSR count). The van der Waals surface area contributed by atoms with Crippen molar-refractivity contribution in [2.75, 3.05) is 0 Å². The second-order valence-electron chi connectivity index (χ2n) is 5.01. The van der Waals surface area contributed by atoms with E-state index >= 15 is 0 Å². The van der Waals surface area contributed by atoms with Gasteiger partial charge in [-0.3, -0.25) is 0 Å². The van der Waals surface area contributed by atoms with Crippen molar-refractivity contribution in [1.29, 1.82) is 0 Å². The summed E-state index contributed by atoms with van der Waals surface area (Å²) in [5.41, 5.74) is 2.22. The normalized spacial score (nSPS) is 14.2. The first-order valence-electron chi connectivity index (χ1n) is 7.07. The molecule has 3 nitrogen and oxygen atoms in total. The number of aliphatic hydroxyl groups is 1. The third-order valence-corrected chi connectivity index (χ3v) is 4.41. The maximum Gasteiger partial charge on any atom is 0.0926 e. The fraction of sp³-hybridized carbons (Fsp3) is 0.438. The monoisotopic (exact) mass is 290 g/mol. The molecule has 2 N–H and O–H groups in total. The van der Waals surface area contributed by atoms with Gasteiger partial charge in [-0.15, -0.1) is 11.3 Å². The van der Waals surface area contributed by atoms with Crippen molar-refractivity contribution in [2.24, 2.45) is 0 Å². The number of nitrogens with zero attached hydrogens (tertiary/aromatic N) is 1. The van der Waals surface area contributed by atoms with Crippen LogP contribution in [0, 0.1) is 0 Å². The molecule has 1 heterocycles. The number of hydrogen-bond acceptors (Lipinski definition) is 4. The van der Waals surface area contributed by atoms with E-state index in [0.29, 0.717) is 13.0 Å². The van der Waals surface area contributed by atoms with E-state index in [0.717, 1.165) is 17.7 Å². The Bertz CT molecular complexity index is 512. The minimum atomic E-state index is -0.387. The summed E-state index contributed by atoms with van der Waals surface area (Å²) in [5.74, 6) is 0. The first-order valence-corrected chi connectivity index (χ1v) is 7.95. The molecule has 0 saturated carbocycles. The highest BCUT2D eigenvalue weighted by Crippen LogP contribution is 2.11. The fourth-order valence-electron chi connectivity index (χ4n) is 2.03. The molecule has 0 aliphatic heterocycles. The summed E-state index contributed by atoms with van der Waals surface area (Å²) in [7, 11) is 0. The first-order chi connectivity index (χ1) is 9.69. The molecule has 4 heteroatoms. The topological polar surface area (TPSA) is 45.2 Å². The van der Waals surface area contributed by atoms with Crippen molar-refractivity contribution >= 4 is 11.3 Å². The number of thiazole rings is 1. The smallest absolute Gasteiger partial charge is 0.0926 e. The molecule has 0 spiro atoms. The Hall–Kier alpha value is -1.23. The standard InChI is InChI=1S/C16H22N2OS/c1-3-16-18-14(11-20-16)10-17-12(2)15(19)9-13-7-5-4-6-8-13/h4-8,11-12,15,17,19H,3,9-10H2,1-2H3. The molecule has 2 unspecified atom stereocenters. The molecule has 0 fully saturated rings. The Balaban J connectivity index is 1.80. The molecular weight excluding hydrogens is 268 g/mol. The summed E-state index contributed by atoms with van der Waals surface area (Å²) < 4.78 is 0. The maximum absolute atomic E-state index is 10.2. The van der Waals surface area contributed by atoms with E-state index in [2.05, 4.69) is 22.6 Å². The van der Waals surface area contributed by atoms with Crippen LogP contribution in [0.25, 0.3) is 0 Å². The van der Waals surface area contributed by atoms with Crippen LogP contribution >= 0.6 is 11.3 Å². The Labute approximate surface area is 124 Å². The minimum Gasteiger partial charge on any atom is -0.391 e.